The Morgan fingerprint density at radius 2 is 2.08 bits per heavy atom. The number of H-pyrrole nitrogens is 1. The third kappa shape index (κ3) is 2.51. The maximum Gasteiger partial charge on any atom is 0.245 e. The molecule has 0 saturated carbocycles. The molecule has 7 nitrogen and oxygen atoms in total. The summed E-state index contributed by atoms with van der Waals surface area (Å²) in [7, 11) is 3.24. The SMILES string of the molecule is COCOC[C@@H]1c2[nH]c3ccccc3c2C[C@@H]2C(=O)N(C)CC(=O)N21. The molecule has 1 aromatic heterocycles. The van der Waals surface area contributed by atoms with Crippen LogP contribution in [-0.4, -0.2) is 66.7 Å². The number of rotatable bonds is 4. The van der Waals surface area contributed by atoms with Gasteiger partial charge < -0.3 is 24.3 Å². The van der Waals surface area contributed by atoms with Gasteiger partial charge in [0, 0.05) is 37.2 Å². The fraction of sp³-hybridized carbons (Fsp3) is 0.444. The van der Waals surface area contributed by atoms with E-state index in [0.717, 1.165) is 22.2 Å². The summed E-state index contributed by atoms with van der Waals surface area (Å²) in [6.07, 6.45) is 0.523. The molecule has 7 heteroatoms. The summed E-state index contributed by atoms with van der Waals surface area (Å²) in [6.45, 7) is 0.533. The summed E-state index contributed by atoms with van der Waals surface area (Å²) in [5, 5.41) is 1.10. The van der Waals surface area contributed by atoms with E-state index in [4.69, 9.17) is 9.47 Å². The van der Waals surface area contributed by atoms with Crippen LogP contribution in [0.1, 0.15) is 17.3 Å². The fourth-order valence-electron chi connectivity index (χ4n) is 3.95. The van der Waals surface area contributed by atoms with Gasteiger partial charge in [0.25, 0.3) is 0 Å². The number of amides is 2. The van der Waals surface area contributed by atoms with Crippen molar-refractivity contribution in [2.24, 2.45) is 0 Å². The number of carbonyl (C=O) groups excluding carboxylic acids is 2. The molecule has 2 amide bonds. The molecule has 1 saturated heterocycles. The van der Waals surface area contributed by atoms with Gasteiger partial charge in [-0.25, -0.2) is 0 Å². The number of benzene rings is 1. The highest BCUT2D eigenvalue weighted by atomic mass is 16.7. The highest BCUT2D eigenvalue weighted by Gasteiger charge is 2.46. The monoisotopic (exact) mass is 343 g/mol. The predicted molar refractivity (Wildman–Crippen MR) is 90.8 cm³/mol. The molecular formula is C18H21N3O4. The predicted octanol–water partition coefficient (Wildman–Crippen LogP) is 1.05. The Morgan fingerprint density at radius 1 is 1.28 bits per heavy atom. The van der Waals surface area contributed by atoms with Gasteiger partial charge in [-0.2, -0.15) is 0 Å². The van der Waals surface area contributed by atoms with Crippen molar-refractivity contribution in [1.29, 1.82) is 0 Å². The number of hydrogen-bond donors (Lipinski definition) is 1. The fourth-order valence-corrected chi connectivity index (χ4v) is 3.95. The summed E-state index contributed by atoms with van der Waals surface area (Å²) >= 11 is 0. The number of likely N-dealkylation sites (N-methyl/N-ethyl adjacent to an activating group) is 1. The van der Waals surface area contributed by atoms with Crippen LogP contribution in [-0.2, 0) is 25.5 Å². The lowest BCUT2D eigenvalue weighted by Gasteiger charge is -2.45. The standard InChI is InChI=1S/C18H21N3O4/c1-20-8-16(22)21-14(18(20)23)7-12-11-5-3-4-6-13(11)19-17(12)15(21)9-25-10-24-2/h3-6,14-15,19H,7-10H2,1-2H3/t14-,15-/m1/s1. The minimum absolute atomic E-state index is 0.0210. The molecule has 0 spiro atoms. The first-order chi connectivity index (χ1) is 12.1. The zero-order valence-corrected chi connectivity index (χ0v) is 14.3. The Labute approximate surface area is 145 Å². The molecule has 0 radical (unpaired) electrons. The number of hydrogen-bond acceptors (Lipinski definition) is 4. The van der Waals surface area contributed by atoms with Gasteiger partial charge >= 0.3 is 0 Å². The number of piperazine rings is 1. The first-order valence-electron chi connectivity index (χ1n) is 8.34. The summed E-state index contributed by atoms with van der Waals surface area (Å²) < 4.78 is 10.5. The molecule has 2 atom stereocenters. The molecule has 2 aromatic rings. The number of nitrogens with one attached hydrogen (secondary N) is 1. The van der Waals surface area contributed by atoms with Crippen LogP contribution >= 0.6 is 0 Å². The van der Waals surface area contributed by atoms with E-state index < -0.39 is 6.04 Å². The molecule has 1 aromatic carbocycles. The molecule has 3 heterocycles. The first-order valence-corrected chi connectivity index (χ1v) is 8.34. The molecule has 1 N–H and O–H groups in total. The largest absolute Gasteiger partial charge is 0.359 e. The van der Waals surface area contributed by atoms with Crippen LogP contribution < -0.4 is 0 Å². The van der Waals surface area contributed by atoms with E-state index in [-0.39, 0.29) is 37.8 Å². The lowest BCUT2D eigenvalue weighted by atomic mass is 9.89. The average molecular weight is 343 g/mol. The average Bonchev–Trinajstić information content (AvgIpc) is 2.98. The molecule has 25 heavy (non-hydrogen) atoms. The van der Waals surface area contributed by atoms with Crippen LogP contribution in [0.25, 0.3) is 10.9 Å². The maximum atomic E-state index is 12.7. The summed E-state index contributed by atoms with van der Waals surface area (Å²) in [4.78, 5) is 32.0. The smallest absolute Gasteiger partial charge is 0.245 e. The zero-order valence-electron chi connectivity index (χ0n) is 14.3. The molecule has 2 aliphatic heterocycles. The number of aromatic amines is 1. The molecule has 0 bridgehead atoms. The number of para-hydroxylation sites is 1. The van der Waals surface area contributed by atoms with E-state index in [1.54, 1.807) is 19.1 Å². The molecule has 2 aliphatic rings. The molecule has 0 unspecified atom stereocenters. The number of aromatic nitrogens is 1. The molecule has 1 fully saturated rings. The van der Waals surface area contributed by atoms with Gasteiger partial charge in [-0.3, -0.25) is 9.59 Å². The lowest BCUT2D eigenvalue weighted by molar-refractivity contribution is -0.161. The van der Waals surface area contributed by atoms with E-state index in [1.807, 2.05) is 24.3 Å². The number of ether oxygens (including phenoxy) is 2. The van der Waals surface area contributed by atoms with Crippen molar-refractivity contribution in [3.63, 3.8) is 0 Å². The van der Waals surface area contributed by atoms with Gasteiger partial charge in [0.1, 0.15) is 12.8 Å². The minimum Gasteiger partial charge on any atom is -0.359 e. The Bertz CT molecular complexity index is 831. The second-order valence-corrected chi connectivity index (χ2v) is 6.57. The van der Waals surface area contributed by atoms with Crippen LogP contribution in [0, 0.1) is 0 Å². The van der Waals surface area contributed by atoms with Crippen molar-refractivity contribution < 1.29 is 19.1 Å². The third-order valence-corrected chi connectivity index (χ3v) is 5.05. The van der Waals surface area contributed by atoms with Gasteiger partial charge in [0.05, 0.1) is 19.2 Å². The van der Waals surface area contributed by atoms with Crippen molar-refractivity contribution >= 4 is 22.7 Å². The first kappa shape index (κ1) is 16.1. The Hall–Kier alpha value is -2.38. The van der Waals surface area contributed by atoms with Crippen molar-refractivity contribution in [3.05, 3.63) is 35.5 Å². The van der Waals surface area contributed by atoms with Crippen LogP contribution in [0.5, 0.6) is 0 Å². The quantitative estimate of drug-likeness (QED) is 0.665. The number of carbonyl (C=O) groups is 2. The van der Waals surface area contributed by atoms with E-state index in [2.05, 4.69) is 4.98 Å². The van der Waals surface area contributed by atoms with Crippen molar-refractivity contribution in [3.8, 4) is 0 Å². The Kier molecular flexibility index (Phi) is 3.97. The lowest BCUT2D eigenvalue weighted by Crippen LogP contribution is -2.62. The minimum atomic E-state index is -0.478. The van der Waals surface area contributed by atoms with Gasteiger partial charge in [0.15, 0.2) is 0 Å². The molecule has 132 valence electrons. The highest BCUT2D eigenvalue weighted by molar-refractivity contribution is 5.97. The summed E-state index contributed by atoms with van der Waals surface area (Å²) in [6, 6.07) is 7.22. The maximum absolute atomic E-state index is 12.7. The number of nitrogens with zero attached hydrogens (tertiary/aromatic N) is 2. The molecule has 0 aliphatic carbocycles. The Morgan fingerprint density at radius 3 is 2.88 bits per heavy atom. The van der Waals surface area contributed by atoms with Crippen LogP contribution in [0.4, 0.5) is 0 Å². The normalized spacial score (nSPS) is 23.1. The van der Waals surface area contributed by atoms with E-state index >= 15 is 0 Å². The molecule has 4 rings (SSSR count). The van der Waals surface area contributed by atoms with E-state index in [0.29, 0.717) is 6.42 Å². The second-order valence-electron chi connectivity index (χ2n) is 6.57. The van der Waals surface area contributed by atoms with Crippen LogP contribution in [0.15, 0.2) is 24.3 Å². The summed E-state index contributed by atoms with van der Waals surface area (Å²) in [5.74, 6) is -0.0744. The van der Waals surface area contributed by atoms with Crippen LogP contribution in [0.3, 0.4) is 0 Å². The van der Waals surface area contributed by atoms with E-state index in [1.165, 1.54) is 4.90 Å². The Balaban J connectivity index is 1.81. The topological polar surface area (TPSA) is 74.9 Å². The van der Waals surface area contributed by atoms with Gasteiger partial charge in [-0.1, -0.05) is 18.2 Å². The van der Waals surface area contributed by atoms with Gasteiger partial charge in [-0.05, 0) is 11.6 Å². The van der Waals surface area contributed by atoms with Crippen molar-refractivity contribution in [2.75, 3.05) is 34.1 Å². The van der Waals surface area contributed by atoms with Crippen molar-refractivity contribution in [2.45, 2.75) is 18.5 Å². The van der Waals surface area contributed by atoms with Crippen molar-refractivity contribution in [1.82, 2.24) is 14.8 Å². The van der Waals surface area contributed by atoms with Crippen LogP contribution in [0.2, 0.25) is 0 Å². The number of fused-ring (bicyclic) bond motifs is 4. The summed E-state index contributed by atoms with van der Waals surface area (Å²) in [5.41, 5.74) is 3.07. The third-order valence-electron chi connectivity index (χ3n) is 5.05. The zero-order chi connectivity index (χ0) is 17.6. The second kappa shape index (κ2) is 6.16. The van der Waals surface area contributed by atoms with E-state index in [9.17, 15) is 9.59 Å². The number of methoxy groups -OCH3 is 1. The molecular weight excluding hydrogens is 322 g/mol. The van der Waals surface area contributed by atoms with Gasteiger partial charge in [0.2, 0.25) is 11.8 Å². The van der Waals surface area contributed by atoms with Gasteiger partial charge in [-0.15, -0.1) is 0 Å². The highest BCUT2D eigenvalue weighted by Crippen LogP contribution is 2.39.